The highest BCUT2D eigenvalue weighted by atomic mass is 16.6. The summed E-state index contributed by atoms with van der Waals surface area (Å²) in [6.07, 6.45) is -5.87. The molecule has 0 aromatic heterocycles. The van der Waals surface area contributed by atoms with Crippen molar-refractivity contribution >= 4 is 35.6 Å². The molecule has 20 nitrogen and oxygen atoms in total. The molecule has 0 saturated carbocycles. The Morgan fingerprint density at radius 2 is 0.508 bits per heavy atom. The highest BCUT2D eigenvalue weighted by Crippen LogP contribution is 2.45. The van der Waals surface area contributed by atoms with Crippen LogP contribution in [0.1, 0.15) is 158 Å². The number of ketones is 2. The van der Waals surface area contributed by atoms with Crippen LogP contribution in [-0.4, -0.2) is 147 Å². The van der Waals surface area contributed by atoms with Gasteiger partial charge < -0.3 is 59.1 Å². The zero-order chi connectivity index (χ0) is 84.2. The minimum absolute atomic E-state index is 0. The Labute approximate surface area is 709 Å². The summed E-state index contributed by atoms with van der Waals surface area (Å²) in [4.78, 5) is 79.1. The van der Waals surface area contributed by atoms with E-state index in [2.05, 4.69) is 0 Å². The average Bonchev–Trinajstić information content (AvgIpc) is 1.59. The van der Waals surface area contributed by atoms with Crippen molar-refractivity contribution in [3.8, 4) is 44.5 Å². The maximum absolute atomic E-state index is 13.8. The molecule has 4 amide bonds. The van der Waals surface area contributed by atoms with Crippen molar-refractivity contribution < 1.29 is 87.8 Å². The SMILES string of the molecule is C.C.C.C.C[C@@H](O)[C@](C)(OCc1ccc(-c2ccccc2)cc1)C(=O)CO.C[C@@H](O)[C@](C)(OCc1ccc(-c2ccccc2)cc1)C(=O)N1C(=O)OC(C)(C)[C@@H]1c1ccccc1.C[C@H](O)[C@](C)(OCc1ccc(-c2ccccc2)cc1)C(=O)CO.C[C@H](O)[C@](C)(OCc1ccc(-c2ccccc2)cc1)C(=O)N1C(=O)OC(C)(C)[C@@H]1c1ccccc1. The van der Waals surface area contributed by atoms with Crippen molar-refractivity contribution in [3.63, 3.8) is 0 Å². The maximum atomic E-state index is 13.8. The van der Waals surface area contributed by atoms with E-state index in [1.807, 2.05) is 279 Å². The highest BCUT2D eigenvalue weighted by molar-refractivity contribution is 6.00. The van der Waals surface area contributed by atoms with Gasteiger partial charge in [0, 0.05) is 0 Å². The number of amides is 4. The molecule has 6 N–H and O–H groups in total. The normalized spacial score (nSPS) is 17.2. The lowest BCUT2D eigenvalue weighted by atomic mass is 9.89. The van der Waals surface area contributed by atoms with Crippen molar-refractivity contribution in [2.45, 2.75) is 209 Å². The molecule has 0 spiro atoms. The zero-order valence-electron chi connectivity index (χ0n) is 67.7. The summed E-state index contributed by atoms with van der Waals surface area (Å²) in [5.41, 5.74) is 5.75. The van der Waals surface area contributed by atoms with Gasteiger partial charge in [-0.15, -0.1) is 0 Å². The lowest BCUT2D eigenvalue weighted by Gasteiger charge is -2.36. The molecule has 640 valence electrons. The van der Waals surface area contributed by atoms with Gasteiger partial charge in [-0.3, -0.25) is 19.2 Å². The first-order chi connectivity index (χ1) is 55.2. The number of cyclic esters (lactones) is 2. The van der Waals surface area contributed by atoms with Gasteiger partial charge >= 0.3 is 12.2 Å². The molecule has 2 saturated heterocycles. The van der Waals surface area contributed by atoms with Crippen LogP contribution < -0.4 is 0 Å². The maximum Gasteiger partial charge on any atom is 0.417 e. The van der Waals surface area contributed by atoms with E-state index in [1.165, 1.54) is 55.4 Å². The summed E-state index contributed by atoms with van der Waals surface area (Å²) in [5.74, 6) is -2.35. The third-order valence-electron chi connectivity index (χ3n) is 21.4. The molecule has 2 aliphatic heterocycles. The number of aliphatic hydroxyl groups excluding tert-OH is 6. The summed E-state index contributed by atoms with van der Waals surface area (Å²) < 4.78 is 34.5. The van der Waals surface area contributed by atoms with E-state index < -0.39 is 119 Å². The highest BCUT2D eigenvalue weighted by Gasteiger charge is 2.58. The van der Waals surface area contributed by atoms with Gasteiger partial charge in [0.25, 0.3) is 11.8 Å². The molecule has 0 radical (unpaired) electrons. The Morgan fingerprint density at radius 3 is 0.700 bits per heavy atom. The molecule has 10 atom stereocenters. The number of Topliss-reactive ketones (excluding diaryl/α,β-unsaturated/α-hetero) is 2. The predicted molar refractivity (Wildman–Crippen MR) is 471 cm³/mol. The number of ether oxygens (including phenoxy) is 6. The second-order valence-corrected chi connectivity index (χ2v) is 30.6. The van der Waals surface area contributed by atoms with Crippen molar-refractivity contribution in [1.82, 2.24) is 9.80 Å². The molecule has 0 aliphatic carbocycles. The molecular formula is C100H122N2O18. The Morgan fingerprint density at radius 1 is 0.325 bits per heavy atom. The van der Waals surface area contributed by atoms with Crippen LogP contribution in [-0.2, 0) is 74.0 Å². The van der Waals surface area contributed by atoms with Crippen LogP contribution in [0.4, 0.5) is 9.59 Å². The van der Waals surface area contributed by atoms with Gasteiger partial charge in [-0.05, 0) is 161 Å². The minimum atomic E-state index is -1.66. The lowest BCUT2D eigenvalue weighted by Crippen LogP contribution is -2.56. The topological polar surface area (TPSA) is 286 Å². The quantitative estimate of drug-likeness (QED) is 0.0266. The fraction of sp³-hybridized carbons (Fsp3) is 0.340. The van der Waals surface area contributed by atoms with Gasteiger partial charge in [-0.2, -0.15) is 0 Å². The van der Waals surface area contributed by atoms with Crippen LogP contribution >= 0.6 is 0 Å². The number of hydrogen-bond donors (Lipinski definition) is 6. The molecule has 10 aromatic carbocycles. The zero-order valence-corrected chi connectivity index (χ0v) is 67.7. The second-order valence-electron chi connectivity index (χ2n) is 30.6. The summed E-state index contributed by atoms with van der Waals surface area (Å²) in [6, 6.07) is 88.6. The smallest absolute Gasteiger partial charge is 0.417 e. The minimum Gasteiger partial charge on any atom is -0.440 e. The van der Waals surface area contributed by atoms with Crippen molar-refractivity contribution in [2.75, 3.05) is 13.2 Å². The van der Waals surface area contributed by atoms with Crippen LogP contribution in [0.15, 0.2) is 279 Å². The Kier molecular flexibility index (Phi) is 36.8. The number of benzene rings is 10. The summed E-state index contributed by atoms with van der Waals surface area (Å²) in [7, 11) is 0. The molecule has 120 heavy (non-hydrogen) atoms. The van der Waals surface area contributed by atoms with Gasteiger partial charge in [0.15, 0.2) is 34.0 Å². The first-order valence-corrected chi connectivity index (χ1v) is 38.6. The Bertz CT molecular complexity index is 4520. The molecule has 0 unspecified atom stereocenters. The molecule has 2 fully saturated rings. The fourth-order valence-electron chi connectivity index (χ4n) is 13.3. The number of nitrogens with zero attached hydrogens (tertiary/aromatic N) is 2. The number of aliphatic hydroxyl groups is 6. The van der Waals surface area contributed by atoms with Crippen molar-refractivity contribution in [2.24, 2.45) is 0 Å². The number of hydrogen-bond acceptors (Lipinski definition) is 18. The first kappa shape index (κ1) is 99.6. The molecule has 2 heterocycles. The third kappa shape index (κ3) is 24.2. The van der Waals surface area contributed by atoms with Crippen molar-refractivity contribution in [3.05, 3.63) is 312 Å². The van der Waals surface area contributed by atoms with Gasteiger partial charge in [-0.25, -0.2) is 19.4 Å². The largest absolute Gasteiger partial charge is 0.440 e. The molecule has 2 aliphatic rings. The van der Waals surface area contributed by atoms with Crippen LogP contribution in [0.5, 0.6) is 0 Å². The predicted octanol–water partition coefficient (Wildman–Crippen LogP) is 18.7. The molecule has 10 aromatic rings. The number of rotatable bonds is 28. The molecule has 12 rings (SSSR count). The number of carbonyl (C=O) groups is 6. The monoisotopic (exact) mass is 1640 g/mol. The van der Waals surface area contributed by atoms with E-state index in [1.54, 1.807) is 27.7 Å². The van der Waals surface area contributed by atoms with Gasteiger partial charge in [-0.1, -0.05) is 309 Å². The van der Waals surface area contributed by atoms with E-state index in [0.29, 0.717) is 0 Å². The van der Waals surface area contributed by atoms with Crippen molar-refractivity contribution in [1.29, 1.82) is 0 Å². The standard InChI is InChI=1S/2C29H31NO5.2C19H22O4.4CH4/c2*1-20(31)29(4,34-19-21-15-17-23(18-16-21)22-11-7-5-8-12-22)26(32)30-25(24-13-9-6-10-14-24)28(2,3)35-27(30)33;2*1-14(21)19(2,18(22)12-20)23-13-15-8-10-17(11-9-15)16-6-4-3-5-7-16;;;;/h2*5-18,20,25,31H,19H2,1-4H3;2*3-11,14,20-21H,12-13H2,1-2H3;4*1H4/t20-,25+,29+;20-,25-,29-;14-,19+;14-,19-;;;;/m1010..../s1. The van der Waals surface area contributed by atoms with Crippen LogP contribution in [0.3, 0.4) is 0 Å². The van der Waals surface area contributed by atoms with E-state index in [0.717, 1.165) is 87.7 Å². The van der Waals surface area contributed by atoms with Gasteiger partial charge in [0.1, 0.15) is 36.5 Å². The lowest BCUT2D eigenvalue weighted by molar-refractivity contribution is -0.172. The summed E-state index contributed by atoms with van der Waals surface area (Å²) >= 11 is 0. The van der Waals surface area contributed by atoms with E-state index >= 15 is 0 Å². The summed E-state index contributed by atoms with van der Waals surface area (Å²) in [5, 5.41) is 58.9. The first-order valence-electron chi connectivity index (χ1n) is 38.6. The van der Waals surface area contributed by atoms with E-state index in [-0.39, 0.29) is 56.1 Å². The molecular weight excluding hydrogens is 1520 g/mol. The second kappa shape index (κ2) is 44.4. The van der Waals surface area contributed by atoms with Gasteiger partial charge in [0.2, 0.25) is 0 Å². The van der Waals surface area contributed by atoms with Crippen LogP contribution in [0.25, 0.3) is 44.5 Å². The van der Waals surface area contributed by atoms with Crippen LogP contribution in [0, 0.1) is 0 Å². The number of imide groups is 2. The van der Waals surface area contributed by atoms with Gasteiger partial charge in [0.05, 0.1) is 50.8 Å². The van der Waals surface area contributed by atoms with E-state index in [4.69, 9.17) is 38.6 Å². The Balaban J connectivity index is 0.000000287. The Hall–Kier alpha value is -11.0. The fourth-order valence-corrected chi connectivity index (χ4v) is 13.3. The average molecular weight is 1640 g/mol. The number of carbonyl (C=O) groups excluding carboxylic acids is 6. The molecule has 20 heteroatoms. The van der Waals surface area contributed by atoms with Crippen LogP contribution in [0.2, 0.25) is 0 Å². The summed E-state index contributed by atoms with van der Waals surface area (Å²) in [6.45, 7) is 18.2. The van der Waals surface area contributed by atoms with E-state index in [9.17, 15) is 49.2 Å². The third-order valence-corrected chi connectivity index (χ3v) is 21.4. The molecule has 0 bridgehead atoms.